The summed E-state index contributed by atoms with van der Waals surface area (Å²) in [5.41, 5.74) is -0.832. The summed E-state index contributed by atoms with van der Waals surface area (Å²) in [4.78, 5) is 24.7. The highest BCUT2D eigenvalue weighted by atomic mass is 16.8. The van der Waals surface area contributed by atoms with Gasteiger partial charge in [-0.1, -0.05) is 41.0 Å². The van der Waals surface area contributed by atoms with E-state index in [1.165, 1.54) is 12.8 Å². The van der Waals surface area contributed by atoms with E-state index in [2.05, 4.69) is 13.8 Å². The lowest BCUT2D eigenvalue weighted by Crippen LogP contribution is -2.39. The number of esters is 1. The Hall–Kier alpha value is -0.900. The highest BCUT2D eigenvalue weighted by Gasteiger charge is 2.53. The zero-order chi connectivity index (χ0) is 20.0. The first kappa shape index (κ1) is 20.8. The van der Waals surface area contributed by atoms with Gasteiger partial charge in [0.2, 0.25) is 6.29 Å². The molecule has 6 atom stereocenters. The number of ether oxygens (including phenoxy) is 2. The number of carbonyl (C=O) groups excluding carboxylic acids is 2. The van der Waals surface area contributed by atoms with Crippen molar-refractivity contribution in [2.45, 2.75) is 105 Å². The number of rotatable bonds is 5. The normalized spacial score (nSPS) is 40.7. The summed E-state index contributed by atoms with van der Waals surface area (Å²) in [7, 11) is 0. The molecular weight excluding hydrogens is 340 g/mol. The Morgan fingerprint density at radius 1 is 1.19 bits per heavy atom. The number of hydrogen-bond acceptors (Lipinski definition) is 4. The molecular formula is C23H38O4. The Balaban J connectivity index is 1.55. The largest absolute Gasteiger partial charge is 0.433 e. The molecule has 2 aliphatic carbocycles. The molecule has 0 amide bonds. The van der Waals surface area contributed by atoms with Crippen molar-refractivity contribution >= 4 is 11.8 Å². The molecule has 0 bridgehead atoms. The average molecular weight is 379 g/mol. The molecule has 154 valence electrons. The summed E-state index contributed by atoms with van der Waals surface area (Å²) in [6, 6.07) is 0. The summed E-state index contributed by atoms with van der Waals surface area (Å²) < 4.78 is 11.5. The molecule has 0 N–H and O–H groups in total. The van der Waals surface area contributed by atoms with Crippen LogP contribution in [0.4, 0.5) is 0 Å². The lowest BCUT2D eigenvalue weighted by molar-refractivity contribution is -0.155. The van der Waals surface area contributed by atoms with Gasteiger partial charge in [-0.3, -0.25) is 4.79 Å². The summed E-state index contributed by atoms with van der Waals surface area (Å²) in [5.74, 6) is 1.77. The number of cyclic esters (lactones) is 1. The Kier molecular flexibility index (Phi) is 5.53. The van der Waals surface area contributed by atoms with Crippen molar-refractivity contribution in [1.82, 2.24) is 0 Å². The van der Waals surface area contributed by atoms with Gasteiger partial charge in [-0.25, -0.2) is 4.79 Å². The van der Waals surface area contributed by atoms with Crippen molar-refractivity contribution in [3.63, 3.8) is 0 Å². The Morgan fingerprint density at radius 2 is 1.89 bits per heavy atom. The van der Waals surface area contributed by atoms with E-state index in [1.54, 1.807) is 0 Å². The monoisotopic (exact) mass is 378 g/mol. The quantitative estimate of drug-likeness (QED) is 0.611. The summed E-state index contributed by atoms with van der Waals surface area (Å²) in [5, 5.41) is 0. The SMILES string of the molecule is C[C@H](CCC[C@@]1(C)O[C@H](C(C)(C)C)OC1=O)[C@H]1CCC2C(=O)CCC[C@@]21C. The molecule has 4 nitrogen and oxygen atoms in total. The van der Waals surface area contributed by atoms with Crippen LogP contribution in [0.5, 0.6) is 0 Å². The van der Waals surface area contributed by atoms with Crippen LogP contribution in [0.3, 0.4) is 0 Å². The molecule has 0 radical (unpaired) electrons. The molecule has 27 heavy (non-hydrogen) atoms. The predicted octanol–water partition coefficient (Wildman–Crippen LogP) is 5.28. The lowest BCUT2D eigenvalue weighted by atomic mass is 9.62. The second-order valence-corrected chi connectivity index (χ2v) is 10.9. The Bertz CT molecular complexity index is 592. The van der Waals surface area contributed by atoms with Gasteiger partial charge in [0.25, 0.3) is 0 Å². The standard InChI is InChI=1S/C23H38O4/c1-15(16-11-12-17-18(24)10-8-13-22(16,17)5)9-7-14-23(6)19(25)26-20(27-23)21(2,3)4/h15-17,20H,7-14H2,1-6H3/t15-,16-,17?,20-,22-,23-/m1/s1. The van der Waals surface area contributed by atoms with Crippen molar-refractivity contribution in [3.05, 3.63) is 0 Å². The van der Waals surface area contributed by atoms with E-state index < -0.39 is 11.9 Å². The Morgan fingerprint density at radius 3 is 2.52 bits per heavy atom. The van der Waals surface area contributed by atoms with Crippen LogP contribution in [0, 0.1) is 28.6 Å². The molecule has 3 fully saturated rings. The van der Waals surface area contributed by atoms with Crippen LogP contribution >= 0.6 is 0 Å². The third-order valence-corrected chi connectivity index (χ3v) is 7.66. The number of Topliss-reactive ketones (excluding diaryl/α,β-unsaturated/α-hetero) is 1. The zero-order valence-electron chi connectivity index (χ0n) is 18.1. The van der Waals surface area contributed by atoms with Crippen LogP contribution in [-0.4, -0.2) is 23.6 Å². The number of hydrogen-bond donors (Lipinski definition) is 0. The van der Waals surface area contributed by atoms with E-state index in [1.807, 2.05) is 27.7 Å². The topological polar surface area (TPSA) is 52.6 Å². The molecule has 0 aromatic rings. The van der Waals surface area contributed by atoms with E-state index in [-0.39, 0.29) is 22.7 Å². The number of ketones is 1. The number of carbonyl (C=O) groups is 2. The average Bonchev–Trinajstić information content (AvgIpc) is 3.06. The van der Waals surface area contributed by atoms with Gasteiger partial charge in [0.1, 0.15) is 5.78 Å². The molecule has 1 aliphatic heterocycles. The van der Waals surface area contributed by atoms with Gasteiger partial charge < -0.3 is 9.47 Å². The van der Waals surface area contributed by atoms with Gasteiger partial charge in [-0.05, 0) is 62.7 Å². The van der Waals surface area contributed by atoms with Gasteiger partial charge in [-0.2, -0.15) is 0 Å². The Labute approximate surface area is 164 Å². The maximum absolute atomic E-state index is 12.4. The highest BCUT2D eigenvalue weighted by molar-refractivity contribution is 5.83. The molecule has 3 rings (SSSR count). The zero-order valence-corrected chi connectivity index (χ0v) is 18.1. The minimum Gasteiger partial charge on any atom is -0.433 e. The minimum absolute atomic E-state index is 0.193. The first-order chi connectivity index (χ1) is 12.5. The van der Waals surface area contributed by atoms with Crippen LogP contribution in [0.15, 0.2) is 0 Å². The fourth-order valence-electron chi connectivity index (χ4n) is 5.91. The van der Waals surface area contributed by atoms with Crippen LogP contribution in [0.2, 0.25) is 0 Å². The smallest absolute Gasteiger partial charge is 0.340 e. The lowest BCUT2D eigenvalue weighted by Gasteiger charge is -2.42. The van der Waals surface area contributed by atoms with Crippen molar-refractivity contribution in [1.29, 1.82) is 0 Å². The fourth-order valence-corrected chi connectivity index (χ4v) is 5.91. The second kappa shape index (κ2) is 7.17. The first-order valence-corrected chi connectivity index (χ1v) is 10.9. The van der Waals surface area contributed by atoms with Gasteiger partial charge in [0.15, 0.2) is 5.60 Å². The van der Waals surface area contributed by atoms with Crippen LogP contribution < -0.4 is 0 Å². The van der Waals surface area contributed by atoms with Crippen molar-refractivity contribution in [2.75, 3.05) is 0 Å². The first-order valence-electron chi connectivity index (χ1n) is 10.9. The van der Waals surface area contributed by atoms with E-state index in [4.69, 9.17) is 9.47 Å². The van der Waals surface area contributed by atoms with E-state index >= 15 is 0 Å². The summed E-state index contributed by atoms with van der Waals surface area (Å²) >= 11 is 0. The van der Waals surface area contributed by atoms with E-state index in [9.17, 15) is 9.59 Å². The van der Waals surface area contributed by atoms with Crippen LogP contribution in [-0.2, 0) is 19.1 Å². The van der Waals surface area contributed by atoms with E-state index in [0.717, 1.165) is 32.1 Å². The third kappa shape index (κ3) is 3.83. The molecule has 2 saturated carbocycles. The molecule has 0 spiro atoms. The summed E-state index contributed by atoms with van der Waals surface area (Å²) in [6.45, 7) is 12.7. The maximum atomic E-state index is 12.4. The molecule has 4 heteroatoms. The fraction of sp³-hybridized carbons (Fsp3) is 0.913. The summed E-state index contributed by atoms with van der Waals surface area (Å²) in [6.07, 6.45) is 7.56. The second-order valence-electron chi connectivity index (χ2n) is 10.9. The molecule has 1 heterocycles. The van der Waals surface area contributed by atoms with Gasteiger partial charge in [0.05, 0.1) is 0 Å². The van der Waals surface area contributed by atoms with Crippen LogP contribution in [0.1, 0.15) is 92.9 Å². The highest BCUT2D eigenvalue weighted by Crippen LogP contribution is 2.57. The van der Waals surface area contributed by atoms with Gasteiger partial charge in [0, 0.05) is 17.8 Å². The van der Waals surface area contributed by atoms with Crippen molar-refractivity contribution in [3.8, 4) is 0 Å². The maximum Gasteiger partial charge on any atom is 0.340 e. The molecule has 1 unspecified atom stereocenters. The molecule has 0 aromatic carbocycles. The number of fused-ring (bicyclic) bond motifs is 1. The van der Waals surface area contributed by atoms with Crippen molar-refractivity contribution in [2.24, 2.45) is 28.6 Å². The molecule has 1 saturated heterocycles. The van der Waals surface area contributed by atoms with E-state index in [0.29, 0.717) is 24.0 Å². The molecule has 0 aromatic heterocycles. The minimum atomic E-state index is -0.819. The molecule has 3 aliphatic rings. The predicted molar refractivity (Wildman–Crippen MR) is 105 cm³/mol. The van der Waals surface area contributed by atoms with Crippen molar-refractivity contribution < 1.29 is 19.1 Å². The van der Waals surface area contributed by atoms with Gasteiger partial charge >= 0.3 is 5.97 Å². The third-order valence-electron chi connectivity index (χ3n) is 7.66. The van der Waals surface area contributed by atoms with Crippen LogP contribution in [0.25, 0.3) is 0 Å². The van der Waals surface area contributed by atoms with Gasteiger partial charge in [-0.15, -0.1) is 0 Å².